The second-order valence-corrected chi connectivity index (χ2v) is 8.99. The molecular formula is C20H24N8OS. The van der Waals surface area contributed by atoms with Crippen molar-refractivity contribution in [2.24, 2.45) is 0 Å². The monoisotopic (exact) mass is 424 g/mol. The van der Waals surface area contributed by atoms with Crippen LogP contribution in [0.4, 0.5) is 16.9 Å². The van der Waals surface area contributed by atoms with Gasteiger partial charge in [-0.1, -0.05) is 11.3 Å². The summed E-state index contributed by atoms with van der Waals surface area (Å²) in [5, 5.41) is 25.8. The zero-order valence-electron chi connectivity index (χ0n) is 16.5. The molecule has 5 rings (SSSR count). The van der Waals surface area contributed by atoms with Crippen LogP contribution in [-0.2, 0) is 6.61 Å². The van der Waals surface area contributed by atoms with Crippen LogP contribution in [-0.4, -0.2) is 54.0 Å². The van der Waals surface area contributed by atoms with Crippen molar-refractivity contribution in [3.63, 3.8) is 0 Å². The molecule has 9 nitrogen and oxygen atoms in total. The summed E-state index contributed by atoms with van der Waals surface area (Å²) in [5.41, 5.74) is 0.809. The number of nitriles is 1. The molecule has 3 aromatic rings. The lowest BCUT2D eigenvalue weighted by Crippen LogP contribution is -2.47. The van der Waals surface area contributed by atoms with Crippen LogP contribution in [0.3, 0.4) is 0 Å². The number of thiazole rings is 1. The van der Waals surface area contributed by atoms with Gasteiger partial charge in [0.2, 0.25) is 5.95 Å². The zero-order valence-corrected chi connectivity index (χ0v) is 17.3. The summed E-state index contributed by atoms with van der Waals surface area (Å²) in [6, 6.07) is 5.60. The van der Waals surface area contributed by atoms with Crippen LogP contribution in [0.1, 0.15) is 37.0 Å². The first kappa shape index (κ1) is 19.2. The Morgan fingerprint density at radius 3 is 2.83 bits per heavy atom. The molecule has 10 heteroatoms. The molecule has 0 aromatic carbocycles. The minimum Gasteiger partial charge on any atom is -0.391 e. The standard InChI is InChI=1S/C20H24N8OS/c21-4-1-6-27-14-2-3-15(27)9-13(8-14)24-19-25-17(10-18-22-5-7-28(18)19)26-20-23-11-16(12-29)30-20/h5,7,10-11,13-15,29H,1-3,6,8-9,12H2,(H,23,26)(H,24,25)/t13?,14-,15+. The number of aliphatic hydroxyl groups excluding tert-OH is 1. The fourth-order valence-corrected chi connectivity index (χ4v) is 5.44. The van der Waals surface area contributed by atoms with E-state index in [0.717, 1.165) is 35.9 Å². The van der Waals surface area contributed by atoms with E-state index in [1.807, 2.05) is 16.7 Å². The summed E-state index contributed by atoms with van der Waals surface area (Å²) in [6.45, 7) is 0.861. The van der Waals surface area contributed by atoms with Crippen LogP contribution in [0.5, 0.6) is 0 Å². The molecule has 5 heterocycles. The van der Waals surface area contributed by atoms with Gasteiger partial charge in [0.25, 0.3) is 0 Å². The van der Waals surface area contributed by atoms with Crippen molar-refractivity contribution in [3.8, 4) is 6.07 Å². The smallest absolute Gasteiger partial charge is 0.210 e. The third-order valence-corrected chi connectivity index (χ3v) is 6.93. The number of piperidine rings is 1. The maximum atomic E-state index is 9.26. The summed E-state index contributed by atoms with van der Waals surface area (Å²) < 4.78 is 1.97. The third-order valence-electron chi connectivity index (χ3n) is 6.03. The van der Waals surface area contributed by atoms with E-state index in [2.05, 4.69) is 31.6 Å². The third kappa shape index (κ3) is 3.71. The van der Waals surface area contributed by atoms with Crippen molar-refractivity contribution in [2.75, 3.05) is 17.2 Å². The van der Waals surface area contributed by atoms with E-state index in [0.29, 0.717) is 35.5 Å². The van der Waals surface area contributed by atoms with Gasteiger partial charge >= 0.3 is 0 Å². The van der Waals surface area contributed by atoms with Crippen molar-refractivity contribution in [2.45, 2.75) is 56.8 Å². The summed E-state index contributed by atoms with van der Waals surface area (Å²) in [4.78, 5) is 16.8. The van der Waals surface area contributed by atoms with Crippen LogP contribution in [0, 0.1) is 11.3 Å². The number of imidazole rings is 1. The number of aliphatic hydroxyl groups is 1. The lowest BCUT2D eigenvalue weighted by atomic mass is 9.97. The highest BCUT2D eigenvalue weighted by Gasteiger charge is 2.40. The predicted molar refractivity (Wildman–Crippen MR) is 115 cm³/mol. The van der Waals surface area contributed by atoms with E-state index in [1.54, 1.807) is 12.4 Å². The Bertz CT molecular complexity index is 1060. The first-order valence-corrected chi connectivity index (χ1v) is 11.1. The van der Waals surface area contributed by atoms with Crippen LogP contribution in [0.2, 0.25) is 0 Å². The van der Waals surface area contributed by atoms with Gasteiger partial charge < -0.3 is 15.7 Å². The van der Waals surface area contributed by atoms with E-state index in [1.165, 1.54) is 24.2 Å². The van der Waals surface area contributed by atoms with Crippen LogP contribution in [0.15, 0.2) is 24.7 Å². The fourth-order valence-electron chi connectivity index (χ4n) is 4.76. The summed E-state index contributed by atoms with van der Waals surface area (Å²) in [7, 11) is 0. The molecule has 2 bridgehead atoms. The zero-order chi connectivity index (χ0) is 20.5. The molecular weight excluding hydrogens is 400 g/mol. The molecule has 0 saturated carbocycles. The normalized spacial score (nSPS) is 23.5. The molecule has 3 N–H and O–H groups in total. The average Bonchev–Trinajstić information content (AvgIpc) is 3.45. The van der Waals surface area contributed by atoms with E-state index in [9.17, 15) is 5.11 Å². The van der Waals surface area contributed by atoms with Crippen molar-refractivity contribution in [1.29, 1.82) is 5.26 Å². The molecule has 0 aliphatic carbocycles. The van der Waals surface area contributed by atoms with Crippen LogP contribution < -0.4 is 10.6 Å². The van der Waals surface area contributed by atoms with Gasteiger partial charge in [-0.2, -0.15) is 10.2 Å². The molecule has 0 amide bonds. The Balaban J connectivity index is 1.34. The molecule has 30 heavy (non-hydrogen) atoms. The van der Waals surface area contributed by atoms with Gasteiger partial charge in [-0.3, -0.25) is 9.30 Å². The summed E-state index contributed by atoms with van der Waals surface area (Å²) in [5.74, 6) is 1.44. The van der Waals surface area contributed by atoms with E-state index < -0.39 is 0 Å². The molecule has 3 aromatic heterocycles. The average molecular weight is 425 g/mol. The van der Waals surface area contributed by atoms with Crippen molar-refractivity contribution in [1.82, 2.24) is 24.3 Å². The Morgan fingerprint density at radius 2 is 2.10 bits per heavy atom. The second-order valence-electron chi connectivity index (χ2n) is 7.88. The number of aromatic nitrogens is 4. The summed E-state index contributed by atoms with van der Waals surface area (Å²) >= 11 is 1.40. The molecule has 2 fully saturated rings. The van der Waals surface area contributed by atoms with E-state index in [-0.39, 0.29) is 6.61 Å². The highest BCUT2D eigenvalue weighted by Crippen LogP contribution is 2.37. The van der Waals surface area contributed by atoms with Crippen LogP contribution >= 0.6 is 11.3 Å². The Morgan fingerprint density at radius 1 is 1.27 bits per heavy atom. The highest BCUT2D eigenvalue weighted by atomic mass is 32.1. The minimum absolute atomic E-state index is 0.0196. The van der Waals surface area contributed by atoms with Gasteiger partial charge in [0, 0.05) is 55.7 Å². The van der Waals surface area contributed by atoms with Gasteiger partial charge in [-0.05, 0) is 25.7 Å². The fraction of sp³-hybridized carbons (Fsp3) is 0.500. The first-order valence-electron chi connectivity index (χ1n) is 10.3. The highest BCUT2D eigenvalue weighted by molar-refractivity contribution is 7.15. The van der Waals surface area contributed by atoms with Gasteiger partial charge in [-0.25, -0.2) is 9.97 Å². The number of hydrogen-bond donors (Lipinski definition) is 3. The van der Waals surface area contributed by atoms with Gasteiger partial charge in [0.1, 0.15) is 11.5 Å². The number of nitrogens with one attached hydrogen (secondary N) is 2. The number of nitrogens with zero attached hydrogens (tertiary/aromatic N) is 6. The van der Waals surface area contributed by atoms with Crippen LogP contribution in [0.25, 0.3) is 5.65 Å². The molecule has 2 aliphatic heterocycles. The number of fused-ring (bicyclic) bond motifs is 3. The molecule has 2 saturated heterocycles. The topological polar surface area (TPSA) is 114 Å². The molecule has 0 spiro atoms. The van der Waals surface area contributed by atoms with Crippen molar-refractivity contribution >= 4 is 33.9 Å². The van der Waals surface area contributed by atoms with Gasteiger partial charge in [0.05, 0.1) is 17.6 Å². The molecule has 3 atom stereocenters. The van der Waals surface area contributed by atoms with Gasteiger partial charge in [-0.15, -0.1) is 0 Å². The maximum Gasteiger partial charge on any atom is 0.210 e. The van der Waals surface area contributed by atoms with E-state index in [4.69, 9.17) is 10.2 Å². The predicted octanol–water partition coefficient (Wildman–Crippen LogP) is 2.74. The second kappa shape index (κ2) is 8.18. The Labute approximate surface area is 178 Å². The number of rotatable bonds is 7. The lowest BCUT2D eigenvalue weighted by molar-refractivity contribution is 0.135. The van der Waals surface area contributed by atoms with Gasteiger partial charge in [0.15, 0.2) is 5.13 Å². The number of anilines is 3. The first-order chi connectivity index (χ1) is 14.7. The van der Waals surface area contributed by atoms with Crippen molar-refractivity contribution < 1.29 is 5.11 Å². The number of hydrogen-bond acceptors (Lipinski definition) is 9. The summed E-state index contributed by atoms with van der Waals surface area (Å²) in [6.07, 6.45) is 10.5. The van der Waals surface area contributed by atoms with E-state index >= 15 is 0 Å². The Hall–Kier alpha value is -2.74. The maximum absolute atomic E-state index is 9.26. The lowest BCUT2D eigenvalue weighted by Gasteiger charge is -2.39. The molecule has 1 unspecified atom stereocenters. The minimum atomic E-state index is -0.0196. The SMILES string of the molecule is N#CCCN1[C@@H]2CC[C@H]1CC(Nc1nc(Nc3ncc(CO)s3)cc3nccn13)C2. The van der Waals surface area contributed by atoms with Crippen molar-refractivity contribution in [3.05, 3.63) is 29.5 Å². The molecule has 0 radical (unpaired) electrons. The molecule has 156 valence electrons. The Kier molecular flexibility index (Phi) is 5.25. The molecule has 2 aliphatic rings. The largest absolute Gasteiger partial charge is 0.391 e. The quantitative estimate of drug-likeness (QED) is 0.530.